The number of benzene rings is 1. The van der Waals surface area contributed by atoms with Crippen LogP contribution in [0.2, 0.25) is 0 Å². The molecule has 1 heterocycles. The summed E-state index contributed by atoms with van der Waals surface area (Å²) in [5, 5.41) is 0. The zero-order chi connectivity index (χ0) is 16.0. The molecule has 0 aromatic heterocycles. The lowest BCUT2D eigenvalue weighted by Gasteiger charge is -2.21. The van der Waals surface area contributed by atoms with Crippen LogP contribution >= 0.6 is 11.8 Å². The minimum absolute atomic E-state index is 0.351. The van der Waals surface area contributed by atoms with Crippen molar-refractivity contribution in [2.24, 2.45) is 5.92 Å². The molecular formula is C17H26O3S2. The molecule has 0 unspecified atom stereocenters. The number of ether oxygens (including phenoxy) is 1. The van der Waals surface area contributed by atoms with Gasteiger partial charge < -0.3 is 4.74 Å². The van der Waals surface area contributed by atoms with Crippen molar-refractivity contribution in [1.82, 2.24) is 0 Å². The van der Waals surface area contributed by atoms with Crippen molar-refractivity contribution in [2.75, 3.05) is 29.6 Å². The molecule has 1 saturated heterocycles. The molecular weight excluding hydrogens is 316 g/mol. The molecule has 1 aromatic rings. The third-order valence-corrected chi connectivity index (χ3v) is 6.98. The molecule has 0 radical (unpaired) electrons. The molecule has 0 saturated carbocycles. The molecule has 0 N–H and O–H groups in total. The largest absolute Gasteiger partial charge is 0.494 e. The standard InChI is InChI=1S/C17H26O3S2/c1-14-9-15(2)11-17(10-14)20-6-4-7-21-12-16-5-3-8-22(18,19)13-16/h9-11,16H,3-8,12-13H2,1-2H3/t16-/m1/s1. The summed E-state index contributed by atoms with van der Waals surface area (Å²) in [7, 11) is -2.76. The average molecular weight is 343 g/mol. The highest BCUT2D eigenvalue weighted by atomic mass is 32.2. The first kappa shape index (κ1) is 17.7. The van der Waals surface area contributed by atoms with Gasteiger partial charge in [-0.2, -0.15) is 11.8 Å². The molecule has 1 aliphatic rings. The van der Waals surface area contributed by atoms with Gasteiger partial charge in [0.05, 0.1) is 18.1 Å². The lowest BCUT2D eigenvalue weighted by Crippen LogP contribution is -2.26. The minimum Gasteiger partial charge on any atom is -0.494 e. The first-order valence-corrected chi connectivity index (χ1v) is 10.9. The van der Waals surface area contributed by atoms with Crippen LogP contribution < -0.4 is 4.74 Å². The molecule has 5 heteroatoms. The van der Waals surface area contributed by atoms with Crippen LogP contribution in [-0.2, 0) is 9.84 Å². The van der Waals surface area contributed by atoms with Crippen LogP contribution in [0.25, 0.3) is 0 Å². The van der Waals surface area contributed by atoms with Crippen LogP contribution in [0, 0.1) is 19.8 Å². The van der Waals surface area contributed by atoms with Crippen LogP contribution in [0.4, 0.5) is 0 Å². The van der Waals surface area contributed by atoms with E-state index in [4.69, 9.17) is 4.74 Å². The van der Waals surface area contributed by atoms with Crippen molar-refractivity contribution in [1.29, 1.82) is 0 Å². The predicted octanol–water partition coefficient (Wildman–Crippen LogP) is 3.63. The predicted molar refractivity (Wildman–Crippen MR) is 94.7 cm³/mol. The summed E-state index contributed by atoms with van der Waals surface area (Å²) in [6.07, 6.45) is 2.89. The Morgan fingerprint density at radius 3 is 2.64 bits per heavy atom. The Hall–Kier alpha value is -0.680. The molecule has 1 aliphatic heterocycles. The summed E-state index contributed by atoms with van der Waals surface area (Å²) < 4.78 is 28.9. The van der Waals surface area contributed by atoms with E-state index in [0.29, 0.717) is 17.4 Å². The van der Waals surface area contributed by atoms with Gasteiger partial charge >= 0.3 is 0 Å². The van der Waals surface area contributed by atoms with E-state index in [1.807, 2.05) is 11.8 Å². The number of aryl methyl sites for hydroxylation is 2. The first-order chi connectivity index (χ1) is 10.4. The lowest BCUT2D eigenvalue weighted by atomic mass is 10.1. The van der Waals surface area contributed by atoms with E-state index < -0.39 is 9.84 Å². The summed E-state index contributed by atoms with van der Waals surface area (Å²) in [5.41, 5.74) is 2.45. The first-order valence-electron chi connectivity index (χ1n) is 7.94. The van der Waals surface area contributed by atoms with Gasteiger partial charge in [0, 0.05) is 0 Å². The normalized spacial score (nSPS) is 20.7. The fourth-order valence-corrected chi connectivity index (χ4v) is 5.90. The van der Waals surface area contributed by atoms with Crippen LogP contribution in [0.3, 0.4) is 0 Å². The molecule has 1 aromatic carbocycles. The van der Waals surface area contributed by atoms with E-state index in [1.54, 1.807) is 0 Å². The van der Waals surface area contributed by atoms with E-state index in [2.05, 4.69) is 32.0 Å². The van der Waals surface area contributed by atoms with Crippen molar-refractivity contribution >= 4 is 21.6 Å². The van der Waals surface area contributed by atoms with Crippen LogP contribution in [0.1, 0.15) is 30.4 Å². The van der Waals surface area contributed by atoms with E-state index in [-0.39, 0.29) is 0 Å². The van der Waals surface area contributed by atoms with Crippen molar-refractivity contribution in [3.05, 3.63) is 29.3 Å². The van der Waals surface area contributed by atoms with Gasteiger partial charge in [0.15, 0.2) is 9.84 Å². The highest BCUT2D eigenvalue weighted by Crippen LogP contribution is 2.22. The zero-order valence-corrected chi connectivity index (χ0v) is 15.1. The SMILES string of the molecule is Cc1cc(C)cc(OCCCSC[C@H]2CCCS(=O)(=O)C2)c1. The summed E-state index contributed by atoms with van der Waals surface area (Å²) >= 11 is 1.86. The van der Waals surface area contributed by atoms with Gasteiger partial charge in [-0.25, -0.2) is 8.42 Å². The molecule has 1 atom stereocenters. The molecule has 0 amide bonds. The number of sulfone groups is 1. The Labute approximate surface area is 138 Å². The number of rotatable bonds is 7. The van der Waals surface area contributed by atoms with Gasteiger partial charge in [0.2, 0.25) is 0 Å². The molecule has 0 aliphatic carbocycles. The van der Waals surface area contributed by atoms with Crippen molar-refractivity contribution in [3.8, 4) is 5.75 Å². The Morgan fingerprint density at radius 1 is 1.23 bits per heavy atom. The summed E-state index contributed by atoms with van der Waals surface area (Å²) in [4.78, 5) is 0. The van der Waals surface area contributed by atoms with Crippen LogP contribution in [0.5, 0.6) is 5.75 Å². The minimum atomic E-state index is -2.76. The Bertz CT molecular complexity index is 561. The van der Waals surface area contributed by atoms with Crippen LogP contribution in [-0.4, -0.2) is 38.0 Å². The second-order valence-electron chi connectivity index (χ2n) is 6.22. The number of hydrogen-bond donors (Lipinski definition) is 0. The topological polar surface area (TPSA) is 43.4 Å². The molecule has 0 bridgehead atoms. The quantitative estimate of drug-likeness (QED) is 0.710. The number of hydrogen-bond acceptors (Lipinski definition) is 4. The summed E-state index contributed by atoms with van der Waals surface area (Å²) in [5.74, 6) is 4.06. The second kappa shape index (κ2) is 8.25. The maximum Gasteiger partial charge on any atom is 0.150 e. The number of thioether (sulfide) groups is 1. The van der Waals surface area contributed by atoms with E-state index in [1.165, 1.54) is 11.1 Å². The maximum absolute atomic E-state index is 11.6. The van der Waals surface area contributed by atoms with Crippen molar-refractivity contribution in [3.63, 3.8) is 0 Å². The van der Waals surface area contributed by atoms with Gasteiger partial charge in [0.25, 0.3) is 0 Å². The van der Waals surface area contributed by atoms with E-state index in [9.17, 15) is 8.42 Å². The van der Waals surface area contributed by atoms with Gasteiger partial charge in [0.1, 0.15) is 5.75 Å². The molecule has 0 spiro atoms. The van der Waals surface area contributed by atoms with Crippen molar-refractivity contribution < 1.29 is 13.2 Å². The van der Waals surface area contributed by atoms with Gasteiger partial charge in [-0.05, 0) is 73.8 Å². The monoisotopic (exact) mass is 342 g/mol. The fraction of sp³-hybridized carbons (Fsp3) is 0.647. The van der Waals surface area contributed by atoms with Gasteiger partial charge in [-0.1, -0.05) is 6.07 Å². The maximum atomic E-state index is 11.6. The highest BCUT2D eigenvalue weighted by molar-refractivity contribution is 7.99. The Kier molecular flexibility index (Phi) is 6.63. The molecule has 3 nitrogen and oxygen atoms in total. The summed E-state index contributed by atoms with van der Waals surface area (Å²) in [6, 6.07) is 6.26. The smallest absolute Gasteiger partial charge is 0.150 e. The third kappa shape index (κ3) is 6.21. The summed E-state index contributed by atoms with van der Waals surface area (Å²) in [6.45, 7) is 4.88. The molecule has 124 valence electrons. The molecule has 22 heavy (non-hydrogen) atoms. The van der Waals surface area contributed by atoms with Gasteiger partial charge in [-0.3, -0.25) is 0 Å². The van der Waals surface area contributed by atoms with Crippen molar-refractivity contribution in [2.45, 2.75) is 33.1 Å². The zero-order valence-electron chi connectivity index (χ0n) is 13.5. The molecule has 2 rings (SSSR count). The van der Waals surface area contributed by atoms with E-state index in [0.717, 1.165) is 43.1 Å². The van der Waals surface area contributed by atoms with Gasteiger partial charge in [-0.15, -0.1) is 0 Å². The third-order valence-electron chi connectivity index (χ3n) is 3.81. The second-order valence-corrected chi connectivity index (χ2v) is 9.60. The Balaban J connectivity index is 1.59. The average Bonchev–Trinajstić information content (AvgIpc) is 2.40. The molecule has 1 fully saturated rings. The fourth-order valence-electron chi connectivity index (χ4n) is 2.87. The highest BCUT2D eigenvalue weighted by Gasteiger charge is 2.24. The Morgan fingerprint density at radius 2 is 1.95 bits per heavy atom. The van der Waals surface area contributed by atoms with Crippen LogP contribution in [0.15, 0.2) is 18.2 Å². The van der Waals surface area contributed by atoms with E-state index >= 15 is 0 Å². The lowest BCUT2D eigenvalue weighted by molar-refractivity contribution is 0.318.